The lowest BCUT2D eigenvalue weighted by Gasteiger charge is -2.20. The van der Waals surface area contributed by atoms with Crippen molar-refractivity contribution in [3.05, 3.63) is 29.3 Å². The van der Waals surface area contributed by atoms with Crippen LogP contribution in [0.5, 0.6) is 0 Å². The normalized spacial score (nSPS) is 13.5. The summed E-state index contributed by atoms with van der Waals surface area (Å²) in [5, 5.41) is 20.1. The van der Waals surface area contributed by atoms with Gasteiger partial charge in [0.1, 0.15) is 6.10 Å². The molecule has 1 rings (SSSR count). The highest BCUT2D eigenvalue weighted by atomic mass is 32.2. The first-order valence-electron chi connectivity index (χ1n) is 6.34. The van der Waals surface area contributed by atoms with E-state index in [0.29, 0.717) is 11.4 Å². The lowest BCUT2D eigenvalue weighted by molar-refractivity contribution is -0.109. The summed E-state index contributed by atoms with van der Waals surface area (Å²) in [5.41, 5.74) is 6.33. The van der Waals surface area contributed by atoms with E-state index in [9.17, 15) is 19.8 Å². The number of thioether (sulfide) groups is 1. The molecule has 0 fully saturated rings. The molecule has 0 aliphatic heterocycles. The van der Waals surface area contributed by atoms with Crippen LogP contribution in [0.3, 0.4) is 0 Å². The summed E-state index contributed by atoms with van der Waals surface area (Å²) in [7, 11) is 1.22. The number of carbonyl (C=O) groups excluding carboxylic acids is 2. The van der Waals surface area contributed by atoms with Crippen molar-refractivity contribution < 1.29 is 24.5 Å². The van der Waals surface area contributed by atoms with Gasteiger partial charge in [-0.3, -0.25) is 4.79 Å². The molecule has 2 unspecified atom stereocenters. The van der Waals surface area contributed by atoms with Crippen molar-refractivity contribution in [3.8, 4) is 0 Å². The van der Waals surface area contributed by atoms with E-state index < -0.39 is 18.2 Å². The number of esters is 1. The molecule has 116 valence electrons. The summed E-state index contributed by atoms with van der Waals surface area (Å²) >= 11 is 1.07. The van der Waals surface area contributed by atoms with Gasteiger partial charge in [-0.25, -0.2) is 4.79 Å². The third-order valence-electron chi connectivity index (χ3n) is 2.88. The molecule has 0 amide bonds. The Labute approximate surface area is 127 Å². The lowest BCUT2D eigenvalue weighted by Crippen LogP contribution is -2.22. The van der Waals surface area contributed by atoms with E-state index in [1.807, 2.05) is 0 Å². The zero-order valence-electron chi connectivity index (χ0n) is 11.9. The molecule has 6 nitrogen and oxygen atoms in total. The Bertz CT molecular complexity index is 520. The van der Waals surface area contributed by atoms with Gasteiger partial charge in [-0.2, -0.15) is 0 Å². The molecule has 21 heavy (non-hydrogen) atoms. The molecule has 0 bridgehead atoms. The molecule has 4 N–H and O–H groups in total. The second kappa shape index (κ2) is 8.02. The minimum Gasteiger partial charge on any atom is -0.465 e. The van der Waals surface area contributed by atoms with Crippen LogP contribution in [0, 0.1) is 0 Å². The summed E-state index contributed by atoms with van der Waals surface area (Å²) < 4.78 is 4.64. The Morgan fingerprint density at radius 1 is 1.38 bits per heavy atom. The maximum absolute atomic E-state index is 11.7. The zero-order chi connectivity index (χ0) is 16.0. The first-order chi connectivity index (χ1) is 9.86. The van der Waals surface area contributed by atoms with Gasteiger partial charge in [-0.05, 0) is 24.1 Å². The largest absolute Gasteiger partial charge is 0.465 e. The highest BCUT2D eigenvalue weighted by molar-refractivity contribution is 8.13. The molecule has 0 radical (unpaired) electrons. The molecule has 0 spiro atoms. The van der Waals surface area contributed by atoms with E-state index in [4.69, 9.17) is 5.73 Å². The topological polar surface area (TPSA) is 110 Å². The number of aliphatic hydroxyl groups is 2. The molecule has 1 aromatic rings. The van der Waals surface area contributed by atoms with Gasteiger partial charge in [0.05, 0.1) is 18.8 Å². The van der Waals surface area contributed by atoms with E-state index >= 15 is 0 Å². The van der Waals surface area contributed by atoms with Gasteiger partial charge in [0.15, 0.2) is 5.12 Å². The second-order valence-corrected chi connectivity index (χ2v) is 5.75. The van der Waals surface area contributed by atoms with Crippen LogP contribution in [-0.2, 0) is 9.53 Å². The van der Waals surface area contributed by atoms with Gasteiger partial charge in [0.2, 0.25) is 0 Å². The van der Waals surface area contributed by atoms with Gasteiger partial charge < -0.3 is 20.7 Å². The molecule has 0 heterocycles. The molecule has 0 saturated carbocycles. The molecule has 1 aromatic carbocycles. The smallest absolute Gasteiger partial charge is 0.338 e. The van der Waals surface area contributed by atoms with Crippen LogP contribution >= 0.6 is 11.8 Å². The standard InChI is InChI=1S/C14H19NO5S/c1-8(16)21-6-5-12(17)13(18)10-4-3-9(15)7-11(10)14(19)20-2/h3-4,7,12-13,17-18H,5-6,15H2,1-2H3. The fourth-order valence-electron chi connectivity index (χ4n) is 1.81. The average Bonchev–Trinajstić information content (AvgIpc) is 2.45. The number of ether oxygens (including phenoxy) is 1. The van der Waals surface area contributed by atoms with Gasteiger partial charge >= 0.3 is 5.97 Å². The van der Waals surface area contributed by atoms with Gasteiger partial charge in [-0.15, -0.1) is 0 Å². The van der Waals surface area contributed by atoms with Crippen molar-refractivity contribution in [2.75, 3.05) is 18.6 Å². The number of aliphatic hydroxyl groups excluding tert-OH is 2. The zero-order valence-corrected chi connectivity index (χ0v) is 12.7. The number of methoxy groups -OCH3 is 1. The van der Waals surface area contributed by atoms with Crippen LogP contribution in [0.25, 0.3) is 0 Å². The van der Waals surface area contributed by atoms with Crippen LogP contribution < -0.4 is 5.73 Å². The van der Waals surface area contributed by atoms with Crippen molar-refractivity contribution >= 4 is 28.5 Å². The quantitative estimate of drug-likeness (QED) is 0.533. The van der Waals surface area contributed by atoms with Gasteiger partial charge in [0.25, 0.3) is 0 Å². The predicted molar refractivity (Wildman–Crippen MR) is 80.9 cm³/mol. The number of rotatable bonds is 6. The van der Waals surface area contributed by atoms with E-state index in [1.165, 1.54) is 32.2 Å². The minimum atomic E-state index is -1.26. The summed E-state index contributed by atoms with van der Waals surface area (Å²) in [6, 6.07) is 4.40. The van der Waals surface area contributed by atoms with Crippen molar-refractivity contribution in [1.29, 1.82) is 0 Å². The van der Waals surface area contributed by atoms with E-state index in [0.717, 1.165) is 11.8 Å². The molecule has 0 aromatic heterocycles. The third kappa shape index (κ3) is 5.04. The van der Waals surface area contributed by atoms with Crippen molar-refractivity contribution in [1.82, 2.24) is 0 Å². The lowest BCUT2D eigenvalue weighted by atomic mass is 9.97. The fraction of sp³-hybridized carbons (Fsp3) is 0.429. The first kappa shape index (κ1) is 17.5. The number of anilines is 1. The molecule has 7 heteroatoms. The molecule has 2 atom stereocenters. The summed E-state index contributed by atoms with van der Waals surface area (Å²) in [4.78, 5) is 22.5. The van der Waals surface area contributed by atoms with E-state index in [1.54, 1.807) is 0 Å². The highest BCUT2D eigenvalue weighted by Crippen LogP contribution is 2.26. The Morgan fingerprint density at radius 3 is 2.62 bits per heavy atom. The molecule has 0 aliphatic carbocycles. The first-order valence-corrected chi connectivity index (χ1v) is 7.32. The Hall–Kier alpha value is -1.57. The average molecular weight is 313 g/mol. The molecular weight excluding hydrogens is 294 g/mol. The van der Waals surface area contributed by atoms with Crippen molar-refractivity contribution in [2.45, 2.75) is 25.6 Å². The summed E-state index contributed by atoms with van der Waals surface area (Å²) in [6.07, 6.45) is -2.13. The van der Waals surface area contributed by atoms with Gasteiger partial charge in [-0.1, -0.05) is 17.8 Å². The molecular formula is C14H19NO5S. The number of carbonyl (C=O) groups is 2. The number of hydrogen-bond acceptors (Lipinski definition) is 7. The summed E-state index contributed by atoms with van der Waals surface area (Å²) in [6.45, 7) is 1.43. The number of benzene rings is 1. The number of nitrogens with two attached hydrogens (primary N) is 1. The van der Waals surface area contributed by atoms with Crippen molar-refractivity contribution in [3.63, 3.8) is 0 Å². The third-order valence-corrected chi connectivity index (χ3v) is 3.73. The monoisotopic (exact) mass is 313 g/mol. The molecule has 0 aliphatic rings. The van der Waals surface area contributed by atoms with Crippen LogP contribution in [0.2, 0.25) is 0 Å². The second-order valence-electron chi connectivity index (χ2n) is 4.48. The van der Waals surface area contributed by atoms with Gasteiger partial charge in [0, 0.05) is 18.4 Å². The Kier molecular flexibility index (Phi) is 6.67. The SMILES string of the molecule is COC(=O)c1cc(N)ccc1C(O)C(O)CCSC(C)=O. The Morgan fingerprint density at radius 2 is 2.05 bits per heavy atom. The predicted octanol–water partition coefficient (Wildman–Crippen LogP) is 1.12. The number of hydrogen-bond donors (Lipinski definition) is 3. The summed E-state index contributed by atoms with van der Waals surface area (Å²) in [5.74, 6) is -0.252. The van der Waals surface area contributed by atoms with Crippen molar-refractivity contribution in [2.24, 2.45) is 0 Å². The van der Waals surface area contributed by atoms with Crippen LogP contribution in [0.1, 0.15) is 35.4 Å². The van der Waals surface area contributed by atoms with E-state index in [-0.39, 0.29) is 22.7 Å². The maximum atomic E-state index is 11.7. The highest BCUT2D eigenvalue weighted by Gasteiger charge is 2.24. The fourth-order valence-corrected chi connectivity index (χ4v) is 2.45. The minimum absolute atomic E-state index is 0.0561. The number of nitrogen functional groups attached to an aromatic ring is 1. The Balaban J connectivity index is 2.88. The maximum Gasteiger partial charge on any atom is 0.338 e. The van der Waals surface area contributed by atoms with Crippen LogP contribution in [-0.4, -0.2) is 40.3 Å². The van der Waals surface area contributed by atoms with Crippen LogP contribution in [0.4, 0.5) is 5.69 Å². The molecule has 0 saturated heterocycles. The van der Waals surface area contributed by atoms with E-state index in [2.05, 4.69) is 4.74 Å². The van der Waals surface area contributed by atoms with Crippen LogP contribution in [0.15, 0.2) is 18.2 Å².